The van der Waals surface area contributed by atoms with Gasteiger partial charge in [-0.25, -0.2) is 15.0 Å². The van der Waals surface area contributed by atoms with Crippen LogP contribution in [0.15, 0.2) is 212 Å². The highest BCUT2D eigenvalue weighted by Gasteiger charge is 2.21. The molecule has 7 nitrogen and oxygen atoms in total. The maximum Gasteiger partial charge on any atom is 0.238 e. The van der Waals surface area contributed by atoms with Crippen LogP contribution in [0.25, 0.3) is 112 Å². The van der Waals surface area contributed by atoms with Crippen molar-refractivity contribution in [3.05, 3.63) is 212 Å². The van der Waals surface area contributed by atoms with Crippen molar-refractivity contribution in [2.75, 3.05) is 0 Å². The molecule has 4 heterocycles. The van der Waals surface area contributed by atoms with Crippen LogP contribution in [0, 0.1) is 0 Å². The summed E-state index contributed by atoms with van der Waals surface area (Å²) in [4.78, 5) is 25.5. The van der Waals surface area contributed by atoms with Crippen molar-refractivity contribution in [3.8, 4) is 68.3 Å². The van der Waals surface area contributed by atoms with Gasteiger partial charge in [0.05, 0.1) is 33.5 Å². The lowest BCUT2D eigenvalue weighted by molar-refractivity contribution is 0.954. The lowest BCUT2D eigenvalue weighted by atomic mass is 10.1. The van der Waals surface area contributed by atoms with E-state index in [2.05, 4.69) is 124 Å². The Morgan fingerprint density at radius 1 is 0.258 bits per heavy atom. The molecule has 0 aliphatic rings. The maximum atomic E-state index is 5.17. The van der Waals surface area contributed by atoms with E-state index < -0.39 is 0 Å². The second-order valence-corrected chi connectivity index (χ2v) is 15.3. The Balaban J connectivity index is 1.04. The first kappa shape index (κ1) is 35.4. The predicted octanol–water partition coefficient (Wildman–Crippen LogP) is 13.2. The summed E-state index contributed by atoms with van der Waals surface area (Å²) in [5, 5.41) is 4.51. The topological polar surface area (TPSA) is 74.3 Å². The summed E-state index contributed by atoms with van der Waals surface area (Å²) < 4.78 is 4.55. The first-order valence-electron chi connectivity index (χ1n) is 20.7. The number of nitrogens with zero attached hydrogens (tertiary/aromatic N) is 7. The summed E-state index contributed by atoms with van der Waals surface area (Å²) in [6, 6.07) is 73.3. The third kappa shape index (κ3) is 6.02. The van der Waals surface area contributed by atoms with Crippen LogP contribution in [-0.2, 0) is 0 Å². The van der Waals surface area contributed by atoms with Gasteiger partial charge in [0.1, 0.15) is 0 Å². The molecular formula is C55H35N7. The average molecular weight is 794 g/mol. The molecule has 12 aromatic rings. The van der Waals surface area contributed by atoms with Gasteiger partial charge in [-0.15, -0.1) is 0 Å². The SMILES string of the molecule is c1ccc(-c2cc(-c3ccccc3)nc(-c3ccc(-n4c5ccccc5c5cc6c(cc54)c4ccccc4n6-c4nc(-c5ccccc5)nc(-c5ccccc5)n4)cc3)n2)cc1. The Bertz CT molecular complexity index is 3480. The molecular weight excluding hydrogens is 759 g/mol. The zero-order valence-electron chi connectivity index (χ0n) is 33.3. The van der Waals surface area contributed by atoms with Gasteiger partial charge >= 0.3 is 0 Å². The van der Waals surface area contributed by atoms with Crippen molar-refractivity contribution in [2.24, 2.45) is 0 Å². The minimum atomic E-state index is 0.566. The van der Waals surface area contributed by atoms with Crippen LogP contribution in [0.4, 0.5) is 0 Å². The maximum absolute atomic E-state index is 5.17. The quantitative estimate of drug-likeness (QED) is 0.161. The van der Waals surface area contributed by atoms with E-state index in [0.717, 1.165) is 88.5 Å². The molecule has 0 N–H and O–H groups in total. The molecule has 290 valence electrons. The van der Waals surface area contributed by atoms with Crippen LogP contribution in [0.5, 0.6) is 0 Å². The van der Waals surface area contributed by atoms with Gasteiger partial charge in [0.2, 0.25) is 5.95 Å². The molecule has 0 unspecified atom stereocenters. The lowest BCUT2D eigenvalue weighted by Crippen LogP contribution is -2.06. The number of hydrogen-bond acceptors (Lipinski definition) is 5. The summed E-state index contributed by atoms with van der Waals surface area (Å²) in [6.45, 7) is 0. The van der Waals surface area contributed by atoms with Gasteiger partial charge in [0.25, 0.3) is 0 Å². The first-order valence-corrected chi connectivity index (χ1v) is 20.7. The summed E-state index contributed by atoms with van der Waals surface area (Å²) in [6.07, 6.45) is 0. The summed E-state index contributed by atoms with van der Waals surface area (Å²) in [5.74, 6) is 2.49. The van der Waals surface area contributed by atoms with Crippen LogP contribution in [0.1, 0.15) is 0 Å². The van der Waals surface area contributed by atoms with E-state index in [4.69, 9.17) is 24.9 Å². The lowest BCUT2D eigenvalue weighted by Gasteiger charge is -2.12. The molecule has 0 spiro atoms. The van der Waals surface area contributed by atoms with Crippen molar-refractivity contribution in [3.63, 3.8) is 0 Å². The van der Waals surface area contributed by atoms with E-state index in [1.54, 1.807) is 0 Å². The zero-order valence-corrected chi connectivity index (χ0v) is 33.3. The van der Waals surface area contributed by atoms with Crippen LogP contribution < -0.4 is 0 Å². The highest BCUT2D eigenvalue weighted by Crippen LogP contribution is 2.40. The highest BCUT2D eigenvalue weighted by molar-refractivity contribution is 6.19. The number of hydrogen-bond donors (Lipinski definition) is 0. The molecule has 0 bridgehead atoms. The minimum absolute atomic E-state index is 0.566. The number of rotatable bonds is 7. The van der Waals surface area contributed by atoms with Crippen molar-refractivity contribution in [1.29, 1.82) is 0 Å². The summed E-state index contributed by atoms with van der Waals surface area (Å²) >= 11 is 0. The molecule has 7 heteroatoms. The number of benzene rings is 8. The third-order valence-corrected chi connectivity index (χ3v) is 11.6. The Kier molecular flexibility index (Phi) is 8.35. The fourth-order valence-corrected chi connectivity index (χ4v) is 8.67. The van der Waals surface area contributed by atoms with Gasteiger partial charge in [-0.3, -0.25) is 4.57 Å². The molecule has 4 aromatic heterocycles. The van der Waals surface area contributed by atoms with E-state index in [1.807, 2.05) is 97.1 Å². The Hall–Kier alpha value is -8.55. The predicted molar refractivity (Wildman–Crippen MR) is 251 cm³/mol. The fourth-order valence-electron chi connectivity index (χ4n) is 8.67. The van der Waals surface area contributed by atoms with E-state index in [0.29, 0.717) is 23.4 Å². The molecule has 62 heavy (non-hydrogen) atoms. The molecule has 0 amide bonds. The number of fused-ring (bicyclic) bond motifs is 6. The minimum Gasteiger partial charge on any atom is -0.309 e. The summed E-state index contributed by atoms with van der Waals surface area (Å²) in [7, 11) is 0. The van der Waals surface area contributed by atoms with Crippen LogP contribution in [-0.4, -0.2) is 34.1 Å². The second-order valence-electron chi connectivity index (χ2n) is 15.3. The number of aromatic nitrogens is 7. The second kappa shape index (κ2) is 14.6. The first-order chi connectivity index (χ1) is 30.7. The van der Waals surface area contributed by atoms with Crippen LogP contribution >= 0.6 is 0 Å². The Labute approximate surface area is 356 Å². The fraction of sp³-hybridized carbons (Fsp3) is 0. The molecule has 0 radical (unpaired) electrons. The van der Waals surface area contributed by atoms with E-state index in [-0.39, 0.29) is 0 Å². The van der Waals surface area contributed by atoms with Crippen molar-refractivity contribution < 1.29 is 0 Å². The van der Waals surface area contributed by atoms with Crippen LogP contribution in [0.3, 0.4) is 0 Å². The van der Waals surface area contributed by atoms with E-state index in [1.165, 1.54) is 0 Å². The molecule has 0 saturated carbocycles. The van der Waals surface area contributed by atoms with E-state index >= 15 is 0 Å². The van der Waals surface area contributed by atoms with Gasteiger partial charge < -0.3 is 4.57 Å². The largest absolute Gasteiger partial charge is 0.309 e. The monoisotopic (exact) mass is 793 g/mol. The summed E-state index contributed by atoms with van der Waals surface area (Å²) in [5.41, 5.74) is 12.0. The zero-order chi connectivity index (χ0) is 41.0. The molecule has 0 fully saturated rings. The van der Waals surface area contributed by atoms with Crippen molar-refractivity contribution in [2.45, 2.75) is 0 Å². The van der Waals surface area contributed by atoms with Crippen molar-refractivity contribution in [1.82, 2.24) is 34.1 Å². The van der Waals surface area contributed by atoms with Gasteiger partial charge in [0, 0.05) is 55.0 Å². The van der Waals surface area contributed by atoms with Crippen molar-refractivity contribution >= 4 is 43.6 Å². The van der Waals surface area contributed by atoms with Gasteiger partial charge in [-0.2, -0.15) is 9.97 Å². The standard InChI is InChI=1S/C55H35N7/c1-5-17-36(18-6-1)46-35-47(37-19-7-2-8-20-37)57-52(56-46)40-29-31-41(32-30-40)61-48-27-15-13-25-42(48)44-34-51-45(33-50(44)61)43-26-14-16-28-49(43)62(51)55-59-53(38-21-9-3-10-22-38)58-54(60-55)39-23-11-4-12-24-39/h1-35H. The van der Waals surface area contributed by atoms with E-state index in [9.17, 15) is 0 Å². The number of para-hydroxylation sites is 2. The average Bonchev–Trinajstić information content (AvgIpc) is 3.86. The smallest absolute Gasteiger partial charge is 0.238 e. The van der Waals surface area contributed by atoms with Crippen LogP contribution in [0.2, 0.25) is 0 Å². The normalized spacial score (nSPS) is 11.5. The Morgan fingerprint density at radius 3 is 1.15 bits per heavy atom. The van der Waals surface area contributed by atoms with Gasteiger partial charge in [-0.05, 0) is 54.6 Å². The third-order valence-electron chi connectivity index (χ3n) is 11.6. The Morgan fingerprint density at radius 2 is 0.645 bits per heavy atom. The van der Waals surface area contributed by atoms with Gasteiger partial charge in [-0.1, -0.05) is 158 Å². The van der Waals surface area contributed by atoms with Gasteiger partial charge in [0.15, 0.2) is 17.5 Å². The molecule has 0 aliphatic carbocycles. The molecule has 12 rings (SSSR count). The molecule has 0 atom stereocenters. The molecule has 0 aliphatic heterocycles. The highest BCUT2D eigenvalue weighted by atomic mass is 15.2. The molecule has 8 aromatic carbocycles. The molecule has 0 saturated heterocycles.